The number of aromatic amines is 1. The number of halogens is 1. The number of anilines is 1. The first-order valence-corrected chi connectivity index (χ1v) is 9.69. The Labute approximate surface area is 167 Å². The summed E-state index contributed by atoms with van der Waals surface area (Å²) in [5, 5.41) is 8.40. The van der Waals surface area contributed by atoms with Gasteiger partial charge in [0, 0.05) is 31.2 Å². The number of aromatic nitrogens is 4. The quantitative estimate of drug-likeness (QED) is 0.677. The second-order valence-electron chi connectivity index (χ2n) is 6.79. The van der Waals surface area contributed by atoms with Gasteiger partial charge in [-0.2, -0.15) is 5.10 Å². The molecule has 146 valence electrons. The van der Waals surface area contributed by atoms with E-state index < -0.39 is 0 Å². The number of nitrogens with zero attached hydrogens (tertiary/aromatic N) is 5. The first-order chi connectivity index (χ1) is 13.7. The van der Waals surface area contributed by atoms with E-state index in [9.17, 15) is 4.79 Å². The molecule has 4 rings (SSSR count). The topological polar surface area (TPSA) is 104 Å². The van der Waals surface area contributed by atoms with Crippen LogP contribution >= 0.6 is 11.6 Å². The Hall–Kier alpha value is -2.71. The van der Waals surface area contributed by atoms with E-state index in [1.807, 2.05) is 29.2 Å². The lowest BCUT2D eigenvalue weighted by molar-refractivity contribution is -0.133. The van der Waals surface area contributed by atoms with Crippen molar-refractivity contribution in [2.24, 2.45) is 5.73 Å². The largest absolute Gasteiger partial charge is 0.352 e. The molecule has 0 radical (unpaired) electrons. The number of hydrogen-bond donors (Lipinski definition) is 2. The molecule has 8 nitrogen and oxygen atoms in total. The van der Waals surface area contributed by atoms with Crippen LogP contribution in [0.15, 0.2) is 36.8 Å². The fourth-order valence-electron chi connectivity index (χ4n) is 3.70. The number of H-pyrrole nitrogens is 1. The van der Waals surface area contributed by atoms with Crippen LogP contribution in [0.4, 0.5) is 5.82 Å². The molecule has 3 aromatic rings. The third-order valence-electron chi connectivity index (χ3n) is 5.15. The number of carbonyl (C=O) groups excluding carboxylic acids is 1. The van der Waals surface area contributed by atoms with Crippen LogP contribution in [0.2, 0.25) is 5.02 Å². The summed E-state index contributed by atoms with van der Waals surface area (Å²) in [4.78, 5) is 25.9. The molecule has 3 heterocycles. The van der Waals surface area contributed by atoms with Crippen LogP contribution in [0.25, 0.3) is 11.0 Å². The molecule has 1 saturated heterocycles. The molecule has 1 amide bonds. The smallest absolute Gasteiger partial charge is 0.230 e. The van der Waals surface area contributed by atoms with Crippen LogP contribution in [-0.2, 0) is 4.79 Å². The van der Waals surface area contributed by atoms with Crippen LogP contribution < -0.4 is 10.6 Å². The Morgan fingerprint density at radius 2 is 2.00 bits per heavy atom. The minimum absolute atomic E-state index is 0.0781. The lowest BCUT2D eigenvalue weighted by Crippen LogP contribution is -2.50. The van der Waals surface area contributed by atoms with Gasteiger partial charge in [0.2, 0.25) is 5.91 Å². The minimum atomic E-state index is -0.315. The van der Waals surface area contributed by atoms with E-state index in [0.717, 1.165) is 16.8 Å². The van der Waals surface area contributed by atoms with Crippen molar-refractivity contribution in [3.05, 3.63) is 47.4 Å². The summed E-state index contributed by atoms with van der Waals surface area (Å²) >= 11 is 6.34. The summed E-state index contributed by atoms with van der Waals surface area (Å²) in [7, 11) is 0. The van der Waals surface area contributed by atoms with Gasteiger partial charge < -0.3 is 15.5 Å². The summed E-state index contributed by atoms with van der Waals surface area (Å²) in [5.41, 5.74) is 7.34. The molecular weight excluding hydrogens is 378 g/mol. The molecular formula is C19H22ClN7O. The van der Waals surface area contributed by atoms with Crippen molar-refractivity contribution in [3.8, 4) is 0 Å². The molecule has 9 heteroatoms. The SMILES string of the molecule is NCCC(C(=O)N1CCN(c2ncnc3[nH]ncc23)CC1)c1ccccc1Cl. The summed E-state index contributed by atoms with van der Waals surface area (Å²) in [6.07, 6.45) is 3.84. The molecule has 0 bridgehead atoms. The second-order valence-corrected chi connectivity index (χ2v) is 7.20. The number of fused-ring (bicyclic) bond motifs is 1. The summed E-state index contributed by atoms with van der Waals surface area (Å²) in [6.45, 7) is 3.06. The summed E-state index contributed by atoms with van der Waals surface area (Å²) in [6, 6.07) is 7.50. The summed E-state index contributed by atoms with van der Waals surface area (Å²) < 4.78 is 0. The Bertz CT molecular complexity index is 968. The number of rotatable bonds is 5. The van der Waals surface area contributed by atoms with Crippen LogP contribution in [-0.4, -0.2) is 63.7 Å². The zero-order valence-corrected chi connectivity index (χ0v) is 16.1. The van der Waals surface area contributed by atoms with Gasteiger partial charge in [-0.3, -0.25) is 9.89 Å². The Morgan fingerprint density at radius 1 is 1.21 bits per heavy atom. The fraction of sp³-hybridized carbons (Fsp3) is 0.368. The van der Waals surface area contributed by atoms with E-state index in [1.54, 1.807) is 6.20 Å². The number of amides is 1. The highest BCUT2D eigenvalue weighted by atomic mass is 35.5. The maximum atomic E-state index is 13.2. The van der Waals surface area contributed by atoms with E-state index in [0.29, 0.717) is 49.8 Å². The third kappa shape index (κ3) is 3.53. The normalized spacial score (nSPS) is 15.8. The van der Waals surface area contributed by atoms with Gasteiger partial charge in [0.05, 0.1) is 17.5 Å². The highest BCUT2D eigenvalue weighted by Gasteiger charge is 2.30. The highest BCUT2D eigenvalue weighted by Crippen LogP contribution is 2.29. The zero-order chi connectivity index (χ0) is 19.5. The number of piperazine rings is 1. The van der Waals surface area contributed by atoms with Gasteiger partial charge in [-0.25, -0.2) is 9.97 Å². The summed E-state index contributed by atoms with van der Waals surface area (Å²) in [5.74, 6) is 0.606. The number of benzene rings is 1. The molecule has 28 heavy (non-hydrogen) atoms. The van der Waals surface area contributed by atoms with Crippen LogP contribution in [0.5, 0.6) is 0 Å². The third-order valence-corrected chi connectivity index (χ3v) is 5.50. The maximum Gasteiger partial charge on any atom is 0.230 e. The molecule has 1 fully saturated rings. The molecule has 0 aliphatic carbocycles. The predicted molar refractivity (Wildman–Crippen MR) is 108 cm³/mol. The molecule has 1 unspecified atom stereocenters. The highest BCUT2D eigenvalue weighted by molar-refractivity contribution is 6.31. The average molecular weight is 400 g/mol. The fourth-order valence-corrected chi connectivity index (χ4v) is 3.97. The van der Waals surface area contributed by atoms with Gasteiger partial charge in [0.15, 0.2) is 5.65 Å². The van der Waals surface area contributed by atoms with Crippen LogP contribution in [0.3, 0.4) is 0 Å². The molecule has 3 N–H and O–H groups in total. The molecule has 1 aliphatic heterocycles. The molecule has 1 atom stereocenters. The molecule has 1 aliphatic rings. The van der Waals surface area contributed by atoms with Gasteiger partial charge >= 0.3 is 0 Å². The van der Waals surface area contributed by atoms with E-state index in [4.69, 9.17) is 17.3 Å². The Kier molecular flexibility index (Phi) is 5.40. The van der Waals surface area contributed by atoms with Crippen molar-refractivity contribution >= 4 is 34.4 Å². The maximum absolute atomic E-state index is 13.2. The van der Waals surface area contributed by atoms with Crippen molar-refractivity contribution in [2.45, 2.75) is 12.3 Å². The standard InChI is InChI=1S/C19H22ClN7O/c20-16-4-2-1-3-13(16)14(5-6-21)19(28)27-9-7-26(8-10-27)18-15-11-24-25-17(15)22-12-23-18/h1-4,11-12,14H,5-10,21H2,(H,22,23,24,25). The monoisotopic (exact) mass is 399 g/mol. The minimum Gasteiger partial charge on any atom is -0.352 e. The number of nitrogens with two attached hydrogens (primary N) is 1. The molecule has 0 saturated carbocycles. The van der Waals surface area contributed by atoms with E-state index >= 15 is 0 Å². The zero-order valence-electron chi connectivity index (χ0n) is 15.4. The lowest BCUT2D eigenvalue weighted by atomic mass is 9.93. The van der Waals surface area contributed by atoms with Crippen molar-refractivity contribution in [1.82, 2.24) is 25.1 Å². The molecule has 2 aromatic heterocycles. The van der Waals surface area contributed by atoms with Crippen LogP contribution in [0.1, 0.15) is 17.9 Å². The van der Waals surface area contributed by atoms with E-state index in [2.05, 4.69) is 25.1 Å². The van der Waals surface area contributed by atoms with Gasteiger partial charge in [0.25, 0.3) is 0 Å². The van der Waals surface area contributed by atoms with E-state index in [-0.39, 0.29) is 11.8 Å². The average Bonchev–Trinajstić information content (AvgIpc) is 3.21. The van der Waals surface area contributed by atoms with Crippen LogP contribution in [0, 0.1) is 0 Å². The Morgan fingerprint density at radius 3 is 2.75 bits per heavy atom. The number of hydrogen-bond acceptors (Lipinski definition) is 6. The van der Waals surface area contributed by atoms with E-state index in [1.165, 1.54) is 6.33 Å². The van der Waals surface area contributed by atoms with Crippen molar-refractivity contribution in [3.63, 3.8) is 0 Å². The molecule has 0 spiro atoms. The Balaban J connectivity index is 1.48. The number of carbonyl (C=O) groups is 1. The molecule has 1 aromatic carbocycles. The van der Waals surface area contributed by atoms with Crippen molar-refractivity contribution in [1.29, 1.82) is 0 Å². The van der Waals surface area contributed by atoms with Gasteiger partial charge in [0.1, 0.15) is 12.1 Å². The first-order valence-electron chi connectivity index (χ1n) is 9.31. The first kappa shape index (κ1) is 18.6. The van der Waals surface area contributed by atoms with Crippen molar-refractivity contribution < 1.29 is 4.79 Å². The van der Waals surface area contributed by atoms with Gasteiger partial charge in [-0.05, 0) is 24.6 Å². The lowest BCUT2D eigenvalue weighted by Gasteiger charge is -2.37. The van der Waals surface area contributed by atoms with Gasteiger partial charge in [-0.15, -0.1) is 0 Å². The number of nitrogens with one attached hydrogen (secondary N) is 1. The second kappa shape index (κ2) is 8.12. The van der Waals surface area contributed by atoms with Gasteiger partial charge in [-0.1, -0.05) is 29.8 Å². The predicted octanol–water partition coefficient (Wildman–Crippen LogP) is 1.79. The van der Waals surface area contributed by atoms with Crippen molar-refractivity contribution in [2.75, 3.05) is 37.6 Å².